The van der Waals surface area contributed by atoms with Crippen LogP contribution in [0.15, 0.2) is 48.5 Å². The van der Waals surface area contributed by atoms with Crippen molar-refractivity contribution in [2.24, 2.45) is 0 Å². The van der Waals surface area contributed by atoms with Crippen LogP contribution in [0.3, 0.4) is 0 Å². The Labute approximate surface area is 114 Å². The third-order valence-electron chi connectivity index (χ3n) is 3.81. The van der Waals surface area contributed by atoms with Gasteiger partial charge in [0.05, 0.1) is 0 Å². The van der Waals surface area contributed by atoms with Gasteiger partial charge in [0.15, 0.2) is 0 Å². The fourth-order valence-corrected chi connectivity index (χ4v) is 2.85. The van der Waals surface area contributed by atoms with E-state index < -0.39 is 0 Å². The highest BCUT2D eigenvalue weighted by Gasteiger charge is 2.12. The molecule has 2 aromatic rings. The van der Waals surface area contributed by atoms with Gasteiger partial charge >= 0.3 is 0 Å². The number of fused-ring (bicyclic) bond motifs is 1. The lowest BCUT2D eigenvalue weighted by Gasteiger charge is -2.05. The van der Waals surface area contributed by atoms with Gasteiger partial charge in [-0.15, -0.1) is 0 Å². The zero-order valence-corrected chi connectivity index (χ0v) is 11.1. The molecule has 0 spiro atoms. The Morgan fingerprint density at radius 3 is 2.42 bits per heavy atom. The molecule has 0 bridgehead atoms. The minimum Gasteiger partial charge on any atom is -0.299 e. The molecule has 0 heterocycles. The first-order chi connectivity index (χ1) is 9.31. The minimum absolute atomic E-state index is 0.296. The monoisotopic (exact) mass is 250 g/mol. The van der Waals surface area contributed by atoms with Crippen molar-refractivity contribution in [3.05, 3.63) is 70.8 Å². The van der Waals surface area contributed by atoms with Crippen LogP contribution in [0.1, 0.15) is 28.7 Å². The molecule has 0 saturated heterocycles. The Hall–Kier alpha value is -1.89. The van der Waals surface area contributed by atoms with E-state index in [9.17, 15) is 4.79 Å². The summed E-state index contributed by atoms with van der Waals surface area (Å²) in [5.41, 5.74) is 5.19. The second-order valence-corrected chi connectivity index (χ2v) is 5.33. The van der Waals surface area contributed by atoms with E-state index in [2.05, 4.69) is 18.2 Å². The number of aryl methyl sites for hydroxylation is 2. The molecule has 2 aromatic carbocycles. The van der Waals surface area contributed by atoms with Gasteiger partial charge in [-0.05, 0) is 41.5 Å². The van der Waals surface area contributed by atoms with E-state index in [4.69, 9.17) is 0 Å². The third kappa shape index (κ3) is 2.93. The minimum atomic E-state index is 0.296. The largest absolute Gasteiger partial charge is 0.299 e. The number of rotatable bonds is 4. The highest BCUT2D eigenvalue weighted by molar-refractivity contribution is 5.83. The van der Waals surface area contributed by atoms with E-state index in [1.165, 1.54) is 36.0 Å². The predicted octanol–water partition coefficient (Wildman–Crippen LogP) is 3.53. The molecule has 0 aromatic heterocycles. The Balaban J connectivity index is 1.66. The summed E-state index contributed by atoms with van der Waals surface area (Å²) in [7, 11) is 0. The van der Waals surface area contributed by atoms with Crippen molar-refractivity contribution in [2.75, 3.05) is 0 Å². The summed E-state index contributed by atoms with van der Waals surface area (Å²) in [5, 5.41) is 0. The lowest BCUT2D eigenvalue weighted by atomic mass is 10.00. The van der Waals surface area contributed by atoms with E-state index in [-0.39, 0.29) is 0 Å². The number of benzene rings is 2. The maximum Gasteiger partial charge on any atom is 0.141 e. The lowest BCUT2D eigenvalue weighted by molar-refractivity contribution is -0.117. The van der Waals surface area contributed by atoms with Crippen molar-refractivity contribution in [3.8, 4) is 0 Å². The van der Waals surface area contributed by atoms with Gasteiger partial charge in [0.25, 0.3) is 0 Å². The topological polar surface area (TPSA) is 17.1 Å². The zero-order chi connectivity index (χ0) is 13.1. The first kappa shape index (κ1) is 12.2. The van der Waals surface area contributed by atoms with E-state index >= 15 is 0 Å². The summed E-state index contributed by atoms with van der Waals surface area (Å²) in [5.74, 6) is 0.296. The Morgan fingerprint density at radius 2 is 1.58 bits per heavy atom. The fourth-order valence-electron chi connectivity index (χ4n) is 2.85. The molecule has 0 aliphatic heterocycles. The van der Waals surface area contributed by atoms with Crippen molar-refractivity contribution in [1.29, 1.82) is 0 Å². The molecule has 19 heavy (non-hydrogen) atoms. The Morgan fingerprint density at radius 1 is 0.842 bits per heavy atom. The SMILES string of the molecule is O=C(Cc1ccccc1)Cc1ccc2c(c1)CCC2. The van der Waals surface area contributed by atoms with Gasteiger partial charge in [0.2, 0.25) is 0 Å². The summed E-state index contributed by atoms with van der Waals surface area (Å²) in [4.78, 5) is 12.1. The van der Waals surface area contributed by atoms with Crippen LogP contribution in [0.4, 0.5) is 0 Å². The molecule has 0 radical (unpaired) electrons. The average molecular weight is 250 g/mol. The van der Waals surface area contributed by atoms with Crippen LogP contribution >= 0.6 is 0 Å². The smallest absolute Gasteiger partial charge is 0.141 e. The van der Waals surface area contributed by atoms with Crippen molar-refractivity contribution in [1.82, 2.24) is 0 Å². The number of hydrogen-bond acceptors (Lipinski definition) is 1. The van der Waals surface area contributed by atoms with Gasteiger partial charge in [0.1, 0.15) is 5.78 Å². The summed E-state index contributed by atoms with van der Waals surface area (Å²) >= 11 is 0. The molecule has 3 rings (SSSR count). The molecule has 1 nitrogen and oxygen atoms in total. The van der Waals surface area contributed by atoms with Gasteiger partial charge in [-0.2, -0.15) is 0 Å². The molecule has 0 saturated carbocycles. The quantitative estimate of drug-likeness (QED) is 0.811. The summed E-state index contributed by atoms with van der Waals surface area (Å²) in [6, 6.07) is 16.5. The van der Waals surface area contributed by atoms with Crippen molar-refractivity contribution in [2.45, 2.75) is 32.1 Å². The van der Waals surface area contributed by atoms with Crippen LogP contribution in [0.25, 0.3) is 0 Å². The molecule has 0 amide bonds. The van der Waals surface area contributed by atoms with Crippen LogP contribution in [0.5, 0.6) is 0 Å². The highest BCUT2D eigenvalue weighted by atomic mass is 16.1. The van der Waals surface area contributed by atoms with E-state index in [1.807, 2.05) is 30.3 Å². The summed E-state index contributed by atoms with van der Waals surface area (Å²) in [6.07, 6.45) is 4.74. The van der Waals surface area contributed by atoms with Crippen LogP contribution in [-0.4, -0.2) is 5.78 Å². The number of carbonyl (C=O) groups is 1. The van der Waals surface area contributed by atoms with Crippen molar-refractivity contribution < 1.29 is 4.79 Å². The molecule has 0 N–H and O–H groups in total. The molecule has 0 unspecified atom stereocenters. The van der Waals surface area contributed by atoms with Gasteiger partial charge in [-0.25, -0.2) is 0 Å². The fraction of sp³-hybridized carbons (Fsp3) is 0.278. The van der Waals surface area contributed by atoms with Gasteiger partial charge < -0.3 is 0 Å². The highest BCUT2D eigenvalue weighted by Crippen LogP contribution is 2.23. The standard InChI is InChI=1S/C18H18O/c19-18(12-14-5-2-1-3-6-14)13-15-9-10-16-7-4-8-17(16)11-15/h1-3,5-6,9-11H,4,7-8,12-13H2. The molecule has 1 aliphatic carbocycles. The number of Topliss-reactive ketones (excluding diaryl/α,β-unsaturated/α-hetero) is 1. The van der Waals surface area contributed by atoms with Crippen molar-refractivity contribution >= 4 is 5.78 Å². The van der Waals surface area contributed by atoms with Crippen LogP contribution in [0, 0.1) is 0 Å². The molecule has 0 fully saturated rings. The van der Waals surface area contributed by atoms with Crippen LogP contribution < -0.4 is 0 Å². The summed E-state index contributed by atoms with van der Waals surface area (Å²) < 4.78 is 0. The first-order valence-electron chi connectivity index (χ1n) is 6.97. The van der Waals surface area contributed by atoms with Crippen LogP contribution in [0.2, 0.25) is 0 Å². The zero-order valence-electron chi connectivity index (χ0n) is 11.1. The number of carbonyl (C=O) groups excluding carboxylic acids is 1. The predicted molar refractivity (Wildman–Crippen MR) is 77.3 cm³/mol. The maximum atomic E-state index is 12.1. The molecule has 1 heteroatoms. The molecule has 0 atom stereocenters. The molecular formula is C18H18O. The third-order valence-corrected chi connectivity index (χ3v) is 3.81. The molecular weight excluding hydrogens is 232 g/mol. The number of hydrogen-bond donors (Lipinski definition) is 0. The van der Waals surface area contributed by atoms with E-state index in [0.29, 0.717) is 18.6 Å². The normalized spacial score (nSPS) is 13.3. The molecule has 96 valence electrons. The van der Waals surface area contributed by atoms with Gasteiger partial charge in [0, 0.05) is 12.8 Å². The second kappa shape index (κ2) is 5.40. The van der Waals surface area contributed by atoms with E-state index in [0.717, 1.165) is 5.56 Å². The Bertz CT molecular complexity index is 584. The lowest BCUT2D eigenvalue weighted by Crippen LogP contribution is -2.06. The van der Waals surface area contributed by atoms with Crippen molar-refractivity contribution in [3.63, 3.8) is 0 Å². The second-order valence-electron chi connectivity index (χ2n) is 5.33. The first-order valence-corrected chi connectivity index (χ1v) is 6.97. The van der Waals surface area contributed by atoms with Gasteiger partial charge in [-0.1, -0.05) is 48.5 Å². The Kier molecular flexibility index (Phi) is 3.45. The summed E-state index contributed by atoms with van der Waals surface area (Å²) in [6.45, 7) is 0. The van der Waals surface area contributed by atoms with Gasteiger partial charge in [-0.3, -0.25) is 4.79 Å². The number of ketones is 1. The van der Waals surface area contributed by atoms with Crippen LogP contribution in [-0.2, 0) is 30.5 Å². The maximum absolute atomic E-state index is 12.1. The molecule has 1 aliphatic rings. The average Bonchev–Trinajstić information content (AvgIpc) is 2.87. The van der Waals surface area contributed by atoms with E-state index in [1.54, 1.807) is 0 Å².